The van der Waals surface area contributed by atoms with Crippen LogP contribution in [0, 0.1) is 11.3 Å². The van der Waals surface area contributed by atoms with Crippen LogP contribution in [0.3, 0.4) is 0 Å². The minimum absolute atomic E-state index is 0.0142. The van der Waals surface area contributed by atoms with Crippen LogP contribution in [-0.4, -0.2) is 162 Å². The van der Waals surface area contributed by atoms with Gasteiger partial charge in [-0.15, -0.1) is 0 Å². The number of hydrogen-bond donors (Lipinski definition) is 12. The Morgan fingerprint density at radius 1 is 0.986 bits per heavy atom. The Morgan fingerprint density at radius 2 is 1.68 bits per heavy atom. The standard InChI is InChI=1S/C37H56N7O21P3S/c1-36(2,18-62-68(58,59)65-67(56,57)61-17-24-29(64-66(53,54)55)28(48)34(63-24)44-20-43-26-31(38)41-19-42-32(26)44)30(49)33(50)40-11-10-25(46)39-12-14-69-35(51)37(52)15-21(27(47)23(45)16-37)7-6-13-60-22-8-4-3-5-9-22/h3-5,8-9,19-21,23-24,27-30,34,45,47-49,52H,6-7,10-18H2,1-2H3,(H,39,46)(H,40,50)(H,56,57)(H,58,59)(H2,38,41,42)(H2,53,54,55)/t21-,23+,24?,27+,28?,29?,30?,34?,37-/m0/s1. The maximum atomic E-state index is 13.0. The second-order valence-electron chi connectivity index (χ2n) is 16.8. The number of nitrogen functional groups attached to an aromatic ring is 1. The van der Waals surface area contributed by atoms with Gasteiger partial charge in [0.15, 0.2) is 17.7 Å². The summed E-state index contributed by atoms with van der Waals surface area (Å²) in [6, 6.07) is 9.08. The molecule has 1 aliphatic heterocycles. The van der Waals surface area contributed by atoms with E-state index >= 15 is 0 Å². The minimum atomic E-state index is -5.62. The zero-order valence-electron chi connectivity index (χ0n) is 37.0. The summed E-state index contributed by atoms with van der Waals surface area (Å²) in [5.41, 5.74) is 2.27. The van der Waals surface area contributed by atoms with Crippen LogP contribution in [0.25, 0.3) is 11.2 Å². The number of ether oxygens (including phenoxy) is 2. The highest BCUT2D eigenvalue weighted by Crippen LogP contribution is 2.61. The van der Waals surface area contributed by atoms with Gasteiger partial charge in [-0.2, -0.15) is 4.31 Å². The van der Waals surface area contributed by atoms with Gasteiger partial charge in [-0.1, -0.05) is 43.8 Å². The Balaban J connectivity index is 1.01. The summed E-state index contributed by atoms with van der Waals surface area (Å²) >= 11 is 0.739. The fraction of sp³-hybridized carbons (Fsp3) is 0.622. The van der Waals surface area contributed by atoms with E-state index in [0.717, 1.165) is 29.0 Å². The minimum Gasteiger partial charge on any atom is -0.494 e. The van der Waals surface area contributed by atoms with Crippen molar-refractivity contribution in [3.05, 3.63) is 43.0 Å². The predicted octanol–water partition coefficient (Wildman–Crippen LogP) is -0.613. The Kier molecular flexibility index (Phi) is 19.4. The van der Waals surface area contributed by atoms with Gasteiger partial charge < -0.3 is 70.9 Å². The normalized spacial score (nSPS) is 26.4. The van der Waals surface area contributed by atoms with Gasteiger partial charge in [0, 0.05) is 37.1 Å². The molecule has 3 aromatic rings. The fourth-order valence-electron chi connectivity index (χ4n) is 7.32. The molecule has 11 atom stereocenters. The van der Waals surface area contributed by atoms with Gasteiger partial charge in [-0.25, -0.2) is 28.6 Å². The van der Waals surface area contributed by atoms with Crippen molar-refractivity contribution in [2.75, 3.05) is 44.4 Å². The number of aliphatic hydroxyl groups is 5. The third kappa shape index (κ3) is 16.0. The number of nitrogens with zero attached hydrogens (tertiary/aromatic N) is 4. The molecule has 5 rings (SSSR count). The van der Waals surface area contributed by atoms with Crippen molar-refractivity contribution in [2.24, 2.45) is 11.3 Å². The Labute approximate surface area is 397 Å². The number of carbonyl (C=O) groups is 3. The molecule has 69 heavy (non-hydrogen) atoms. The molecule has 7 unspecified atom stereocenters. The lowest BCUT2D eigenvalue weighted by atomic mass is 9.73. The third-order valence-electron chi connectivity index (χ3n) is 10.9. The second-order valence-corrected chi connectivity index (χ2v) is 22.1. The number of para-hydroxylation sites is 1. The van der Waals surface area contributed by atoms with Gasteiger partial charge in [-0.3, -0.25) is 32.5 Å². The van der Waals surface area contributed by atoms with E-state index in [-0.39, 0.29) is 55.1 Å². The number of amides is 2. The van der Waals surface area contributed by atoms with Crippen molar-refractivity contribution in [3.63, 3.8) is 0 Å². The lowest BCUT2D eigenvalue weighted by molar-refractivity contribution is -0.152. The number of phosphoric acid groups is 3. The molecule has 1 saturated heterocycles. The highest BCUT2D eigenvalue weighted by atomic mass is 32.2. The number of aliphatic hydroxyl groups excluding tert-OH is 4. The Morgan fingerprint density at radius 3 is 2.38 bits per heavy atom. The van der Waals surface area contributed by atoms with Crippen LogP contribution in [0.1, 0.15) is 52.2 Å². The number of nitrogens with one attached hydrogen (secondary N) is 2. The summed E-state index contributed by atoms with van der Waals surface area (Å²) in [5.74, 6) is -1.51. The lowest BCUT2D eigenvalue weighted by Gasteiger charge is -2.41. The summed E-state index contributed by atoms with van der Waals surface area (Å²) in [5, 5.41) is 58.0. The molecule has 28 nitrogen and oxygen atoms in total. The van der Waals surface area contributed by atoms with E-state index in [9.17, 15) is 73.2 Å². The number of hydrogen-bond acceptors (Lipinski definition) is 22. The van der Waals surface area contributed by atoms with Gasteiger partial charge in [0.1, 0.15) is 47.6 Å². The van der Waals surface area contributed by atoms with E-state index in [0.29, 0.717) is 25.2 Å². The smallest absolute Gasteiger partial charge is 0.481 e. The molecule has 32 heteroatoms. The first kappa shape index (κ1) is 56.4. The first-order chi connectivity index (χ1) is 32.2. The van der Waals surface area contributed by atoms with Gasteiger partial charge in [0.05, 0.1) is 38.4 Å². The van der Waals surface area contributed by atoms with Crippen LogP contribution in [0.5, 0.6) is 5.75 Å². The highest BCUT2D eigenvalue weighted by molar-refractivity contribution is 8.13. The van der Waals surface area contributed by atoms with Crippen LogP contribution >= 0.6 is 35.2 Å². The summed E-state index contributed by atoms with van der Waals surface area (Å²) < 4.78 is 68.1. The number of nitrogens with two attached hydrogens (primary N) is 1. The molecular formula is C37H56N7O21P3S. The SMILES string of the molecule is CC(C)(COP(=O)(O)OP(=O)(O)OCC1OC(n2cnc3c(N)ncnc32)C(O)C1OP(=O)(O)O)C(O)C(=O)NCCC(=O)NCCSC(=O)[C@]1(O)C[C@H](CCCOc2ccccc2)[C@@H](O)[C@H](O)C1. The highest BCUT2D eigenvalue weighted by Gasteiger charge is 2.51. The molecule has 0 spiro atoms. The molecule has 1 aliphatic carbocycles. The number of imidazole rings is 1. The van der Waals surface area contributed by atoms with Crippen molar-refractivity contribution in [1.29, 1.82) is 0 Å². The predicted molar refractivity (Wildman–Crippen MR) is 238 cm³/mol. The van der Waals surface area contributed by atoms with E-state index in [1.807, 2.05) is 18.2 Å². The van der Waals surface area contributed by atoms with E-state index in [4.69, 9.17) is 24.3 Å². The average molecular weight is 1060 g/mol. The fourth-order valence-corrected chi connectivity index (χ4v) is 11.0. The maximum Gasteiger partial charge on any atom is 0.481 e. The average Bonchev–Trinajstić information content (AvgIpc) is 3.83. The second kappa shape index (κ2) is 23.8. The number of carbonyl (C=O) groups excluding carboxylic acids is 3. The zero-order chi connectivity index (χ0) is 51.0. The molecule has 2 aliphatic rings. The summed E-state index contributed by atoms with van der Waals surface area (Å²) in [6.07, 6.45) is -9.25. The van der Waals surface area contributed by atoms with Gasteiger partial charge >= 0.3 is 23.5 Å². The zero-order valence-corrected chi connectivity index (χ0v) is 40.5. The van der Waals surface area contributed by atoms with Crippen molar-refractivity contribution < 1.29 is 101 Å². The topological polar surface area (TPSA) is 434 Å². The number of anilines is 1. The van der Waals surface area contributed by atoms with E-state index in [1.165, 1.54) is 13.8 Å². The molecule has 0 bridgehead atoms. The Bertz CT molecular complexity index is 2380. The molecular weight excluding hydrogens is 1000 g/mol. The van der Waals surface area contributed by atoms with Gasteiger partial charge in [0.25, 0.3) is 0 Å². The van der Waals surface area contributed by atoms with Crippen molar-refractivity contribution in [2.45, 2.75) is 94.4 Å². The van der Waals surface area contributed by atoms with Gasteiger partial charge in [-0.05, 0) is 37.3 Å². The largest absolute Gasteiger partial charge is 0.494 e. The number of phosphoric ester groups is 3. The van der Waals surface area contributed by atoms with Crippen LogP contribution in [-0.2, 0) is 50.7 Å². The van der Waals surface area contributed by atoms with E-state index in [2.05, 4.69) is 34.4 Å². The first-order valence-corrected chi connectivity index (χ1v) is 26.5. The van der Waals surface area contributed by atoms with Crippen molar-refractivity contribution in [3.8, 4) is 5.75 Å². The van der Waals surface area contributed by atoms with Gasteiger partial charge in [0.2, 0.25) is 16.9 Å². The molecule has 0 radical (unpaired) electrons. The summed E-state index contributed by atoms with van der Waals surface area (Å²) in [7, 11) is -16.5. The van der Waals surface area contributed by atoms with Crippen LogP contribution in [0.2, 0.25) is 0 Å². The van der Waals surface area contributed by atoms with Crippen molar-refractivity contribution >= 4 is 69.1 Å². The van der Waals surface area contributed by atoms with Crippen LogP contribution < -0.4 is 21.1 Å². The number of aromatic nitrogens is 4. The molecule has 2 amide bonds. The summed E-state index contributed by atoms with van der Waals surface area (Å²) in [4.78, 5) is 89.4. The summed E-state index contributed by atoms with van der Waals surface area (Å²) in [6.45, 7) is 0.359. The molecule has 2 aromatic heterocycles. The molecule has 13 N–H and O–H groups in total. The number of fused-ring (bicyclic) bond motifs is 1. The molecule has 386 valence electrons. The number of thioether (sulfide) groups is 1. The Hall–Kier alpha value is -3.54. The molecule has 3 heterocycles. The quantitative estimate of drug-likeness (QED) is 0.0372. The third-order valence-corrected chi connectivity index (χ3v) is 15.0. The first-order valence-electron chi connectivity index (χ1n) is 21.0. The monoisotopic (exact) mass is 1060 g/mol. The van der Waals surface area contributed by atoms with Crippen molar-refractivity contribution in [1.82, 2.24) is 30.2 Å². The number of benzene rings is 1. The lowest BCUT2D eigenvalue weighted by Crippen LogP contribution is -2.53. The molecule has 1 saturated carbocycles. The van der Waals surface area contributed by atoms with E-state index < -0.39 is 113 Å². The number of rotatable bonds is 25. The molecule has 2 fully saturated rings. The van der Waals surface area contributed by atoms with Crippen LogP contribution in [0.15, 0.2) is 43.0 Å². The molecule has 1 aromatic carbocycles. The van der Waals surface area contributed by atoms with Crippen LogP contribution in [0.4, 0.5) is 5.82 Å². The maximum absolute atomic E-state index is 13.0. The van der Waals surface area contributed by atoms with E-state index in [1.54, 1.807) is 12.1 Å².